The van der Waals surface area contributed by atoms with Gasteiger partial charge in [-0.15, -0.1) is 10.2 Å². The molecule has 8 heteroatoms. The van der Waals surface area contributed by atoms with Crippen molar-refractivity contribution in [1.82, 2.24) is 14.8 Å². The average Bonchev–Trinajstić information content (AvgIpc) is 3.03. The zero-order valence-corrected chi connectivity index (χ0v) is 11.6. The van der Waals surface area contributed by atoms with Gasteiger partial charge in [-0.3, -0.25) is 4.79 Å². The van der Waals surface area contributed by atoms with Crippen LogP contribution >= 0.6 is 0 Å². The van der Waals surface area contributed by atoms with E-state index in [9.17, 15) is 18.0 Å². The lowest BCUT2D eigenvalue weighted by Crippen LogP contribution is -2.23. The molecule has 0 fully saturated rings. The average molecular weight is 321 g/mol. The molecule has 0 bridgehead atoms. The number of rotatable bonds is 4. The summed E-state index contributed by atoms with van der Waals surface area (Å²) in [5.41, 5.74) is -0.388. The van der Waals surface area contributed by atoms with Crippen molar-refractivity contribution < 1.29 is 17.6 Å². The van der Waals surface area contributed by atoms with E-state index < -0.39 is 29.6 Å². The maximum absolute atomic E-state index is 14.2. The van der Waals surface area contributed by atoms with Crippen molar-refractivity contribution in [2.75, 3.05) is 0 Å². The van der Waals surface area contributed by atoms with Crippen molar-refractivity contribution in [3.63, 3.8) is 0 Å². The number of hydrogen-bond donors (Lipinski definition) is 0. The maximum atomic E-state index is 14.2. The van der Waals surface area contributed by atoms with E-state index >= 15 is 0 Å². The molecular weight excluding hydrogens is 311 g/mol. The molecule has 5 nitrogen and oxygen atoms in total. The molecule has 1 aromatic carbocycles. The Labute approximate surface area is 128 Å². The van der Waals surface area contributed by atoms with Crippen LogP contribution in [0.2, 0.25) is 0 Å². The quantitative estimate of drug-likeness (QED) is 0.741. The topological polar surface area (TPSA) is 60.9 Å². The van der Waals surface area contributed by atoms with Crippen LogP contribution in [-0.4, -0.2) is 14.8 Å². The van der Waals surface area contributed by atoms with Crippen LogP contribution in [0.25, 0.3) is 11.5 Å². The number of aromatic nitrogens is 3. The Morgan fingerprint density at radius 2 is 1.87 bits per heavy atom. The van der Waals surface area contributed by atoms with Gasteiger partial charge in [-0.2, -0.15) is 13.2 Å². The summed E-state index contributed by atoms with van der Waals surface area (Å²) in [7, 11) is 0. The van der Waals surface area contributed by atoms with Gasteiger partial charge in [0.25, 0.3) is 17.3 Å². The molecule has 118 valence electrons. The summed E-state index contributed by atoms with van der Waals surface area (Å²) in [4.78, 5) is 12.1. The molecule has 3 rings (SSSR count). The Hall–Kier alpha value is -2.90. The van der Waals surface area contributed by atoms with Crippen LogP contribution in [-0.2, 0) is 6.54 Å². The standard InChI is InChI=1S/C15H10F3N3O2/c16-11-10(13-19-20-14(23-13)12(17)18)6-7-21(15(11)22)8-9-4-2-1-3-5-9/h1-7,12H,8H2. The fraction of sp³-hybridized carbons (Fsp3) is 0.133. The van der Waals surface area contributed by atoms with E-state index in [-0.39, 0.29) is 12.1 Å². The Morgan fingerprint density at radius 3 is 2.52 bits per heavy atom. The molecule has 0 aliphatic heterocycles. The van der Waals surface area contributed by atoms with Crippen molar-refractivity contribution in [2.45, 2.75) is 13.0 Å². The molecule has 0 aliphatic carbocycles. The smallest absolute Gasteiger partial charge is 0.314 e. The minimum atomic E-state index is -2.96. The summed E-state index contributed by atoms with van der Waals surface area (Å²) >= 11 is 0. The second kappa shape index (κ2) is 6.07. The lowest BCUT2D eigenvalue weighted by Gasteiger charge is -2.07. The van der Waals surface area contributed by atoms with Crippen LogP contribution in [0.15, 0.2) is 51.8 Å². The number of alkyl halides is 2. The van der Waals surface area contributed by atoms with Gasteiger partial charge in [0.15, 0.2) is 0 Å². The molecule has 0 spiro atoms. The summed E-state index contributed by atoms with van der Waals surface area (Å²) < 4.78 is 44.9. The highest BCUT2D eigenvalue weighted by Gasteiger charge is 2.20. The monoisotopic (exact) mass is 321 g/mol. The van der Waals surface area contributed by atoms with Gasteiger partial charge in [0.1, 0.15) is 0 Å². The van der Waals surface area contributed by atoms with Crippen molar-refractivity contribution in [3.05, 3.63) is 70.2 Å². The number of halogens is 3. The van der Waals surface area contributed by atoms with E-state index in [0.29, 0.717) is 0 Å². The zero-order valence-electron chi connectivity index (χ0n) is 11.6. The van der Waals surface area contributed by atoms with Crippen molar-refractivity contribution in [1.29, 1.82) is 0 Å². The maximum Gasteiger partial charge on any atom is 0.314 e. The first-order valence-corrected chi connectivity index (χ1v) is 6.61. The van der Waals surface area contributed by atoms with Crippen LogP contribution in [0.1, 0.15) is 17.9 Å². The highest BCUT2D eigenvalue weighted by Crippen LogP contribution is 2.23. The number of pyridine rings is 1. The second-order valence-corrected chi connectivity index (χ2v) is 4.71. The largest absolute Gasteiger partial charge is 0.415 e. The van der Waals surface area contributed by atoms with Crippen molar-refractivity contribution in [2.24, 2.45) is 0 Å². The molecule has 0 unspecified atom stereocenters. The van der Waals surface area contributed by atoms with E-state index in [1.165, 1.54) is 16.8 Å². The van der Waals surface area contributed by atoms with Gasteiger partial charge in [0, 0.05) is 6.20 Å². The van der Waals surface area contributed by atoms with Gasteiger partial charge >= 0.3 is 6.43 Å². The van der Waals surface area contributed by atoms with Crippen molar-refractivity contribution in [3.8, 4) is 11.5 Å². The van der Waals surface area contributed by atoms with Crippen LogP contribution in [0.3, 0.4) is 0 Å². The predicted octanol–water partition coefficient (Wildman–Crippen LogP) is 3.02. The first-order chi connectivity index (χ1) is 11.1. The SMILES string of the molecule is O=c1c(F)c(-c2nnc(C(F)F)o2)ccn1Cc1ccccc1. The van der Waals surface area contributed by atoms with E-state index in [1.54, 1.807) is 24.3 Å². The van der Waals surface area contributed by atoms with E-state index in [4.69, 9.17) is 0 Å². The highest BCUT2D eigenvalue weighted by molar-refractivity contribution is 5.52. The molecule has 2 aromatic heterocycles. The van der Waals surface area contributed by atoms with Crippen LogP contribution in [0, 0.1) is 5.82 Å². The third kappa shape index (κ3) is 3.01. The first-order valence-electron chi connectivity index (χ1n) is 6.61. The van der Waals surface area contributed by atoms with Gasteiger partial charge in [-0.1, -0.05) is 30.3 Å². The molecule has 0 saturated carbocycles. The Balaban J connectivity index is 1.95. The molecule has 0 atom stereocenters. The van der Waals surface area contributed by atoms with Crippen LogP contribution in [0.4, 0.5) is 13.2 Å². The summed E-state index contributed by atoms with van der Waals surface area (Å²) in [6, 6.07) is 10.3. The summed E-state index contributed by atoms with van der Waals surface area (Å²) in [5, 5.41) is 6.45. The lowest BCUT2D eigenvalue weighted by atomic mass is 10.2. The molecule has 0 aliphatic rings. The van der Waals surface area contributed by atoms with Crippen LogP contribution < -0.4 is 5.56 Å². The van der Waals surface area contributed by atoms with E-state index in [1.807, 2.05) is 6.07 Å². The third-order valence-electron chi connectivity index (χ3n) is 3.16. The molecule has 3 aromatic rings. The highest BCUT2D eigenvalue weighted by atomic mass is 19.3. The molecule has 2 heterocycles. The van der Waals surface area contributed by atoms with Crippen LogP contribution in [0.5, 0.6) is 0 Å². The molecule has 23 heavy (non-hydrogen) atoms. The van der Waals surface area contributed by atoms with Gasteiger partial charge in [-0.25, -0.2) is 0 Å². The summed E-state index contributed by atoms with van der Waals surface area (Å²) in [6.45, 7) is 0.184. The Morgan fingerprint density at radius 1 is 1.13 bits per heavy atom. The fourth-order valence-electron chi connectivity index (χ4n) is 2.05. The predicted molar refractivity (Wildman–Crippen MR) is 74.5 cm³/mol. The number of hydrogen-bond acceptors (Lipinski definition) is 4. The number of nitrogens with zero attached hydrogens (tertiary/aromatic N) is 3. The molecule has 0 N–H and O–H groups in total. The lowest BCUT2D eigenvalue weighted by molar-refractivity contribution is 0.116. The number of benzene rings is 1. The fourth-order valence-corrected chi connectivity index (χ4v) is 2.05. The van der Waals surface area contributed by atoms with Gasteiger partial charge in [0.05, 0.1) is 12.1 Å². The van der Waals surface area contributed by atoms with Gasteiger partial charge in [0.2, 0.25) is 5.82 Å². The molecule has 0 amide bonds. The first kappa shape index (κ1) is 15.0. The zero-order chi connectivity index (χ0) is 16.4. The van der Waals surface area contributed by atoms with E-state index in [0.717, 1.165) is 5.56 Å². The van der Waals surface area contributed by atoms with E-state index in [2.05, 4.69) is 14.6 Å². The Bertz CT molecular complexity index is 875. The minimum Gasteiger partial charge on any atom is -0.415 e. The van der Waals surface area contributed by atoms with Crippen molar-refractivity contribution >= 4 is 0 Å². The van der Waals surface area contributed by atoms with Gasteiger partial charge < -0.3 is 8.98 Å². The minimum absolute atomic E-state index is 0.184. The third-order valence-corrected chi connectivity index (χ3v) is 3.16. The summed E-state index contributed by atoms with van der Waals surface area (Å²) in [6.07, 6.45) is -1.61. The molecule has 0 radical (unpaired) electrons. The second-order valence-electron chi connectivity index (χ2n) is 4.71. The molecule has 0 saturated heterocycles. The molecular formula is C15H10F3N3O2. The normalized spacial score (nSPS) is 11.1. The summed E-state index contributed by atoms with van der Waals surface area (Å²) in [5.74, 6) is -2.51. The van der Waals surface area contributed by atoms with Gasteiger partial charge in [-0.05, 0) is 11.6 Å². The Kier molecular flexibility index (Phi) is 3.96.